The van der Waals surface area contributed by atoms with Crippen LogP contribution in [0, 0.1) is 49.0 Å². The fourth-order valence-corrected chi connectivity index (χ4v) is 14.1. The number of carbonyl (C=O) groups is 2. The minimum atomic E-state index is -0.326. The minimum Gasteiger partial charge on any atom is -0.497 e. The zero-order valence-corrected chi connectivity index (χ0v) is 69.4. The summed E-state index contributed by atoms with van der Waals surface area (Å²) in [6.07, 6.45) is 20.3. The van der Waals surface area contributed by atoms with Crippen LogP contribution < -0.4 is 32.0 Å². The van der Waals surface area contributed by atoms with Crippen molar-refractivity contribution in [2.75, 3.05) is 28.8 Å². The van der Waals surface area contributed by atoms with Gasteiger partial charge in [0.1, 0.15) is 64.1 Å². The van der Waals surface area contributed by atoms with E-state index in [0.29, 0.717) is 104 Å². The summed E-state index contributed by atoms with van der Waals surface area (Å²) in [4.78, 5) is 73.1. The number of nitrogen functional groups attached to an aromatic ring is 1. The van der Waals surface area contributed by atoms with Gasteiger partial charge in [-0.05, 0) is 229 Å². The number of hydrogen-bond acceptors (Lipinski definition) is 19. The van der Waals surface area contributed by atoms with Crippen LogP contribution in [0.3, 0.4) is 0 Å². The Kier molecular flexibility index (Phi) is 25.9. The number of imidazole rings is 3. The molecule has 28 nitrogen and oxygen atoms in total. The van der Waals surface area contributed by atoms with Crippen LogP contribution in [0.15, 0.2) is 164 Å². The first kappa shape index (κ1) is 84.5. The van der Waals surface area contributed by atoms with Crippen LogP contribution in [0.25, 0.3) is 68.3 Å². The van der Waals surface area contributed by atoms with E-state index in [4.69, 9.17) is 20.4 Å². The summed E-state index contributed by atoms with van der Waals surface area (Å²) in [6, 6.07) is 36.3. The molecule has 0 bridgehead atoms. The first-order chi connectivity index (χ1) is 54.0. The number of aryl methyl sites for hydroxylation is 6. The summed E-state index contributed by atoms with van der Waals surface area (Å²) in [5.74, 6) is 7.63. The second-order valence-corrected chi connectivity index (χ2v) is 29.8. The quantitative estimate of drug-likeness (QED) is 0.0383. The monoisotopic (exact) mass is 1730 g/mol. The van der Waals surface area contributed by atoms with Gasteiger partial charge in [-0.25, -0.2) is 34.9 Å². The molecule has 0 saturated heterocycles. The maximum atomic E-state index is 13.9. The SMILES string of the molecule is C.C.COc1ccc(CNc2cc(C)c(-n3cnc(C4CC4)c3)cc2C(=O)Nc2cccc(-c3nnc(C)n3C(C)C)n2)cc1.Cc1cc(N)c(C(=O)Nc2cccc(-c3nnc(C)n3C(C)C)n2)cc1-n1cnc(C2CC2)c1.Cc1cc2ncn(-c3cccc(-c4nnc(C)n4C(C)C)n3)c(=O)c2cc1-n1cnc(C2CC2)c1.[CH3-].[W]. The third-order valence-corrected chi connectivity index (χ3v) is 20.3. The molecule has 17 rings (SSSR count). The Labute approximate surface area is 690 Å². The van der Waals surface area contributed by atoms with Crippen LogP contribution in [0.1, 0.15) is 208 Å². The van der Waals surface area contributed by atoms with Crippen molar-refractivity contribution in [2.45, 2.75) is 179 Å². The average molecular weight is 1730 g/mol. The van der Waals surface area contributed by atoms with E-state index < -0.39 is 0 Å². The van der Waals surface area contributed by atoms with E-state index in [1.165, 1.54) is 49.4 Å². The first-order valence-corrected chi connectivity index (χ1v) is 37.9. The van der Waals surface area contributed by atoms with Crippen molar-refractivity contribution in [3.63, 3.8) is 0 Å². The van der Waals surface area contributed by atoms with Crippen molar-refractivity contribution < 1.29 is 35.4 Å². The summed E-state index contributed by atoms with van der Waals surface area (Å²) in [5, 5.41) is 35.5. The molecular weight excluding hydrogens is 1630 g/mol. The van der Waals surface area contributed by atoms with Crippen LogP contribution >= 0.6 is 0 Å². The van der Waals surface area contributed by atoms with Gasteiger partial charge in [0.15, 0.2) is 17.5 Å². The van der Waals surface area contributed by atoms with Gasteiger partial charge in [0.2, 0.25) is 0 Å². The molecule has 10 aromatic heterocycles. The van der Waals surface area contributed by atoms with Gasteiger partial charge in [-0.2, -0.15) is 0 Å². The van der Waals surface area contributed by atoms with Gasteiger partial charge in [0.05, 0.1) is 82.3 Å². The number of hydrogen-bond donors (Lipinski definition) is 4. The molecule has 0 radical (unpaired) electrons. The Morgan fingerprint density at radius 2 is 0.914 bits per heavy atom. The largest absolute Gasteiger partial charge is 0.497 e. The van der Waals surface area contributed by atoms with Gasteiger partial charge in [0, 0.05) is 93.5 Å². The number of carbonyl (C=O) groups excluding carboxylic acids is 2. The van der Waals surface area contributed by atoms with Gasteiger partial charge in [-0.15, -0.1) is 30.6 Å². The number of anilines is 4. The molecule has 3 saturated carbocycles. The molecule has 10 heterocycles. The van der Waals surface area contributed by atoms with E-state index in [-0.39, 0.29) is 78.8 Å². The molecule has 3 aliphatic rings. The number of aromatic nitrogens is 20. The average Bonchev–Trinajstić information content (AvgIpc) is 1.34. The summed E-state index contributed by atoms with van der Waals surface area (Å²) in [5.41, 5.74) is 20.8. The number of fused-ring (bicyclic) bond motifs is 1. The molecule has 29 heteroatoms. The van der Waals surface area contributed by atoms with Gasteiger partial charge in [0.25, 0.3) is 17.4 Å². The van der Waals surface area contributed by atoms with Crippen molar-refractivity contribution in [1.82, 2.24) is 97.4 Å². The number of nitrogens with two attached hydrogens (primary N) is 1. The minimum absolute atomic E-state index is 0. The molecule has 0 unspecified atom stereocenters. The predicted molar refractivity (Wildman–Crippen MR) is 451 cm³/mol. The third kappa shape index (κ3) is 18.0. The van der Waals surface area contributed by atoms with Crippen molar-refractivity contribution in [1.29, 1.82) is 0 Å². The summed E-state index contributed by atoms with van der Waals surface area (Å²) in [7, 11) is 1.65. The van der Waals surface area contributed by atoms with Crippen LogP contribution in [0.4, 0.5) is 23.0 Å². The molecule has 0 aliphatic heterocycles. The Bertz CT molecular complexity index is 5930. The van der Waals surface area contributed by atoms with Gasteiger partial charge in [-0.3, -0.25) is 19.0 Å². The molecule has 2 amide bonds. The fourth-order valence-electron chi connectivity index (χ4n) is 14.1. The van der Waals surface area contributed by atoms with E-state index in [1.807, 2.05) is 179 Å². The van der Waals surface area contributed by atoms with Crippen molar-refractivity contribution in [3.8, 4) is 63.2 Å². The topological polar surface area (TPSA) is 325 Å². The first-order valence-electron chi connectivity index (χ1n) is 37.9. The van der Waals surface area contributed by atoms with Crippen molar-refractivity contribution >= 4 is 45.7 Å². The molecule has 600 valence electrons. The van der Waals surface area contributed by atoms with E-state index >= 15 is 0 Å². The number of ether oxygens (including phenoxy) is 1. The molecule has 3 aliphatic carbocycles. The molecule has 116 heavy (non-hydrogen) atoms. The number of nitrogens with one attached hydrogen (secondary N) is 3. The van der Waals surface area contributed by atoms with Crippen LogP contribution in [0.5, 0.6) is 5.75 Å². The van der Waals surface area contributed by atoms with E-state index in [9.17, 15) is 14.4 Å². The van der Waals surface area contributed by atoms with Gasteiger partial charge >= 0.3 is 0 Å². The molecular formula is C87H101N24O4W-. The van der Waals surface area contributed by atoms with E-state index in [1.54, 1.807) is 37.7 Å². The Morgan fingerprint density at radius 1 is 0.500 bits per heavy atom. The van der Waals surface area contributed by atoms with E-state index in [0.717, 1.165) is 85.3 Å². The Hall–Kier alpha value is -12.5. The normalized spacial score (nSPS) is 12.9. The van der Waals surface area contributed by atoms with Gasteiger partial charge < -0.3 is 61.3 Å². The number of amides is 2. The van der Waals surface area contributed by atoms with Crippen molar-refractivity contribution in [3.05, 3.63) is 245 Å². The number of benzene rings is 4. The van der Waals surface area contributed by atoms with E-state index in [2.05, 4.69) is 125 Å². The molecule has 0 spiro atoms. The Balaban J connectivity index is 0.000000170. The summed E-state index contributed by atoms with van der Waals surface area (Å²) >= 11 is 0. The zero-order chi connectivity index (χ0) is 78.3. The third-order valence-electron chi connectivity index (χ3n) is 20.3. The smallest absolute Gasteiger partial charge is 0.267 e. The summed E-state index contributed by atoms with van der Waals surface area (Å²) < 4.78 is 18.8. The maximum absolute atomic E-state index is 13.9. The zero-order valence-electron chi connectivity index (χ0n) is 66.5. The molecule has 5 N–H and O–H groups in total. The number of rotatable bonds is 21. The number of pyridine rings is 3. The van der Waals surface area contributed by atoms with Crippen molar-refractivity contribution in [2.24, 2.45) is 0 Å². The second kappa shape index (κ2) is 35.5. The van der Waals surface area contributed by atoms with Gasteiger partial charge in [-0.1, -0.05) is 45.2 Å². The maximum Gasteiger partial charge on any atom is 0.267 e. The predicted octanol–water partition coefficient (Wildman–Crippen LogP) is 16.9. The number of nitrogens with zero attached hydrogens (tertiary/aromatic N) is 20. The molecule has 3 fully saturated rings. The van der Waals surface area contributed by atoms with Crippen LogP contribution in [-0.2, 0) is 27.6 Å². The second-order valence-electron chi connectivity index (χ2n) is 29.8. The van der Waals surface area contributed by atoms with Crippen LogP contribution in [0.2, 0.25) is 0 Å². The fraction of sp³-hybridized carbons (Fsp3) is 0.322. The number of methoxy groups -OCH3 is 1. The van der Waals surface area contributed by atoms with Crippen LogP contribution in [-0.4, -0.2) is 116 Å². The summed E-state index contributed by atoms with van der Waals surface area (Å²) in [6.45, 7) is 24.8. The Morgan fingerprint density at radius 3 is 1.36 bits per heavy atom. The standard InChI is InChI=1S/C33H36N8O2.C26H26N8O.C25H28N8O.2CH4.CH3.W/c1-20(2)41-22(4)38-39-32(41)27-7-6-8-31(36-27)37-33(42)26-16-30(40-18-29(35-19-40)24-11-12-24)21(3)15-28(26)34-17-23-9-13-25(43-5)14-10-23;1-15(2)34-17(4)30-31-25(34)20-6-5-7-24(29-20)33-14-28-21-10-16(3)23(11-19(21)26(33)35)32-12-22(27-13-32)18-8-9-18;1-14(2)33-16(4)30-31-24(33)20-6-5-7-23(28-20)29-25(34)18-11-22(15(3)10-19(18)26)32-12-21(27-13-32)17-8-9-17;;;;/h6-10,13-16,18-20,24,34H,11-12,17H2,1-5H3,(H,36,37,42);5-7,10-15,18H,8-9H2,1-4H3;5-7,10-14,17H,8-9,26H2,1-4H3,(H,28,29,34);2*1H4;1H3;/q;;;;;-1;. The molecule has 0 atom stereocenters. The molecule has 4 aromatic carbocycles. The molecule has 14 aromatic rings.